The van der Waals surface area contributed by atoms with Gasteiger partial charge in [0.05, 0.1) is 18.1 Å². The molecule has 7 unspecified atom stereocenters. The standard InChI is InChI=1S/C29H52O5/c1-19(2)28(7)15-9-11-23(17-28)26(22(6)30)27(32)33-21(5)13-14-25(31)34-24-12-10-16-29(8,18-24)20(3)4/h19-24,26,30H,9-18H2,1-8H3. The third-order valence-corrected chi connectivity index (χ3v) is 9.48. The topological polar surface area (TPSA) is 72.8 Å². The molecule has 0 aliphatic heterocycles. The summed E-state index contributed by atoms with van der Waals surface area (Å²) in [5.74, 6) is 0.198. The van der Waals surface area contributed by atoms with Crippen molar-refractivity contribution in [2.75, 3.05) is 0 Å². The maximum absolute atomic E-state index is 13.1. The molecule has 0 radical (unpaired) electrons. The van der Waals surface area contributed by atoms with Crippen molar-refractivity contribution in [2.45, 2.75) is 138 Å². The van der Waals surface area contributed by atoms with E-state index in [-0.39, 0.29) is 47.3 Å². The average molecular weight is 481 g/mol. The van der Waals surface area contributed by atoms with Crippen LogP contribution < -0.4 is 0 Å². The predicted octanol–water partition coefficient (Wildman–Crippen LogP) is 6.70. The number of carbonyl (C=O) groups is 2. The van der Waals surface area contributed by atoms with Gasteiger partial charge in [-0.1, -0.05) is 48.0 Å². The van der Waals surface area contributed by atoms with Gasteiger partial charge < -0.3 is 14.6 Å². The van der Waals surface area contributed by atoms with Crippen LogP contribution >= 0.6 is 0 Å². The monoisotopic (exact) mass is 480 g/mol. The molecule has 2 saturated carbocycles. The van der Waals surface area contributed by atoms with Crippen LogP contribution in [0.5, 0.6) is 0 Å². The van der Waals surface area contributed by atoms with Crippen molar-refractivity contribution < 1.29 is 24.2 Å². The summed E-state index contributed by atoms with van der Waals surface area (Å²) in [5.41, 5.74) is 0.420. The zero-order valence-corrected chi connectivity index (χ0v) is 23.2. The van der Waals surface area contributed by atoms with Gasteiger partial charge in [-0.15, -0.1) is 0 Å². The molecule has 34 heavy (non-hydrogen) atoms. The first-order valence-corrected chi connectivity index (χ1v) is 13.9. The summed E-state index contributed by atoms with van der Waals surface area (Å²) in [5, 5.41) is 10.5. The normalized spacial score (nSPS) is 32.8. The lowest BCUT2D eigenvalue weighted by Crippen LogP contribution is -2.41. The Bertz CT molecular complexity index is 671. The molecule has 2 fully saturated rings. The number of rotatable bonds is 10. The fourth-order valence-electron chi connectivity index (χ4n) is 6.17. The number of carbonyl (C=O) groups excluding carboxylic acids is 2. The maximum atomic E-state index is 13.1. The summed E-state index contributed by atoms with van der Waals surface area (Å²) in [7, 11) is 0. The highest BCUT2D eigenvalue weighted by atomic mass is 16.6. The lowest BCUT2D eigenvalue weighted by molar-refractivity contribution is -0.164. The highest BCUT2D eigenvalue weighted by Gasteiger charge is 2.42. The van der Waals surface area contributed by atoms with Gasteiger partial charge in [-0.3, -0.25) is 9.59 Å². The minimum absolute atomic E-state index is 0.00676. The molecule has 198 valence electrons. The lowest BCUT2D eigenvalue weighted by atomic mass is 9.62. The molecule has 0 heterocycles. The Morgan fingerprint density at radius 3 is 2.03 bits per heavy atom. The summed E-state index contributed by atoms with van der Waals surface area (Å²) in [6.07, 6.45) is 7.83. The second-order valence-corrected chi connectivity index (χ2v) is 12.7. The summed E-state index contributed by atoms with van der Waals surface area (Å²) < 4.78 is 11.6. The van der Waals surface area contributed by atoms with Crippen molar-refractivity contribution >= 4 is 11.9 Å². The molecule has 1 N–H and O–H groups in total. The second-order valence-electron chi connectivity index (χ2n) is 12.7. The minimum atomic E-state index is -0.745. The van der Waals surface area contributed by atoms with Crippen molar-refractivity contribution in [3.05, 3.63) is 0 Å². The number of aliphatic hydroxyl groups excluding tert-OH is 1. The van der Waals surface area contributed by atoms with Crippen LogP contribution in [0.15, 0.2) is 0 Å². The van der Waals surface area contributed by atoms with Gasteiger partial charge in [-0.2, -0.15) is 0 Å². The molecule has 0 amide bonds. The molecule has 0 spiro atoms. The van der Waals surface area contributed by atoms with E-state index in [1.54, 1.807) is 6.92 Å². The fourth-order valence-corrected chi connectivity index (χ4v) is 6.17. The molecular formula is C29H52O5. The van der Waals surface area contributed by atoms with Crippen molar-refractivity contribution in [1.82, 2.24) is 0 Å². The van der Waals surface area contributed by atoms with Gasteiger partial charge in [-0.25, -0.2) is 0 Å². The largest absolute Gasteiger partial charge is 0.462 e. The average Bonchev–Trinajstić information content (AvgIpc) is 2.72. The van der Waals surface area contributed by atoms with Gasteiger partial charge in [0.1, 0.15) is 6.10 Å². The summed E-state index contributed by atoms with van der Waals surface area (Å²) in [4.78, 5) is 25.6. The molecule has 5 nitrogen and oxygen atoms in total. The third-order valence-electron chi connectivity index (χ3n) is 9.48. The molecule has 0 saturated heterocycles. The Labute approximate surface area is 208 Å². The number of hydrogen-bond acceptors (Lipinski definition) is 5. The summed E-state index contributed by atoms with van der Waals surface area (Å²) in [6.45, 7) is 17.1. The van der Waals surface area contributed by atoms with Crippen molar-refractivity contribution in [3.8, 4) is 0 Å². The van der Waals surface area contributed by atoms with Gasteiger partial charge >= 0.3 is 11.9 Å². The SMILES string of the molecule is CC(CCC(=O)OC1CCCC(C)(C(C)C)C1)OC(=O)C(C(C)O)C1CCCC(C)(C(C)C)C1. The van der Waals surface area contributed by atoms with Crippen LogP contribution in [0, 0.1) is 34.5 Å². The zero-order chi connectivity index (χ0) is 25.7. The van der Waals surface area contributed by atoms with Crippen LogP contribution in [0.4, 0.5) is 0 Å². The Morgan fingerprint density at radius 1 is 0.912 bits per heavy atom. The van der Waals surface area contributed by atoms with E-state index >= 15 is 0 Å². The molecule has 7 atom stereocenters. The van der Waals surface area contributed by atoms with E-state index in [1.807, 2.05) is 6.92 Å². The second kappa shape index (κ2) is 12.2. The first-order chi connectivity index (χ1) is 15.8. The number of ether oxygens (including phenoxy) is 2. The molecule has 2 aliphatic carbocycles. The van der Waals surface area contributed by atoms with Crippen molar-refractivity contribution in [1.29, 1.82) is 0 Å². The predicted molar refractivity (Wildman–Crippen MR) is 136 cm³/mol. The Hall–Kier alpha value is -1.10. The highest BCUT2D eigenvalue weighted by molar-refractivity contribution is 5.74. The lowest BCUT2D eigenvalue weighted by Gasteiger charge is -2.44. The van der Waals surface area contributed by atoms with Gasteiger partial charge in [0, 0.05) is 6.42 Å². The van der Waals surface area contributed by atoms with Crippen LogP contribution in [-0.4, -0.2) is 35.4 Å². The van der Waals surface area contributed by atoms with Gasteiger partial charge in [0.2, 0.25) is 0 Å². The molecule has 0 bridgehead atoms. The molecule has 0 aromatic carbocycles. The van der Waals surface area contributed by atoms with Crippen LogP contribution in [0.2, 0.25) is 0 Å². The van der Waals surface area contributed by atoms with Gasteiger partial charge in [-0.05, 0) is 93.8 Å². The van der Waals surface area contributed by atoms with E-state index in [9.17, 15) is 14.7 Å². The van der Waals surface area contributed by atoms with Gasteiger partial charge in [0.15, 0.2) is 0 Å². The number of esters is 2. The summed E-state index contributed by atoms with van der Waals surface area (Å²) in [6, 6.07) is 0. The van der Waals surface area contributed by atoms with Crippen molar-refractivity contribution in [3.63, 3.8) is 0 Å². The van der Waals surface area contributed by atoms with Crippen LogP contribution in [0.25, 0.3) is 0 Å². The Kier molecular flexibility index (Phi) is 10.5. The quantitative estimate of drug-likeness (QED) is 0.352. The minimum Gasteiger partial charge on any atom is -0.462 e. The zero-order valence-electron chi connectivity index (χ0n) is 23.2. The fraction of sp³-hybridized carbons (Fsp3) is 0.931. The first-order valence-electron chi connectivity index (χ1n) is 13.9. The molecule has 5 heteroatoms. The van der Waals surface area contributed by atoms with E-state index in [2.05, 4.69) is 41.5 Å². The maximum Gasteiger partial charge on any atom is 0.312 e. The Balaban J connectivity index is 1.85. The van der Waals surface area contributed by atoms with Crippen LogP contribution in [-0.2, 0) is 19.1 Å². The van der Waals surface area contributed by atoms with Crippen LogP contribution in [0.3, 0.4) is 0 Å². The molecular weight excluding hydrogens is 428 g/mol. The van der Waals surface area contributed by atoms with Crippen molar-refractivity contribution in [2.24, 2.45) is 34.5 Å². The third kappa shape index (κ3) is 7.70. The molecule has 2 rings (SSSR count). The van der Waals surface area contributed by atoms with E-state index in [0.717, 1.165) is 38.5 Å². The smallest absolute Gasteiger partial charge is 0.312 e. The van der Waals surface area contributed by atoms with Crippen LogP contribution in [0.1, 0.15) is 120 Å². The molecule has 0 aromatic heterocycles. The highest BCUT2D eigenvalue weighted by Crippen LogP contribution is 2.47. The molecule has 2 aliphatic rings. The Morgan fingerprint density at radius 2 is 1.47 bits per heavy atom. The van der Waals surface area contributed by atoms with E-state index < -0.39 is 12.0 Å². The molecule has 0 aromatic rings. The number of hydrogen-bond donors (Lipinski definition) is 1. The summed E-state index contributed by atoms with van der Waals surface area (Å²) >= 11 is 0. The van der Waals surface area contributed by atoms with E-state index in [0.29, 0.717) is 18.3 Å². The van der Waals surface area contributed by atoms with E-state index in [1.165, 1.54) is 12.8 Å². The number of aliphatic hydroxyl groups is 1. The van der Waals surface area contributed by atoms with E-state index in [4.69, 9.17) is 9.47 Å². The first kappa shape index (κ1) is 29.1. The van der Waals surface area contributed by atoms with Gasteiger partial charge in [0.25, 0.3) is 0 Å².